The molecule has 0 unspecified atom stereocenters. The quantitative estimate of drug-likeness (QED) is 0.848. The molecular formula is C11H17F2N5O. The van der Waals surface area contributed by atoms with Crippen LogP contribution in [0.4, 0.5) is 20.7 Å². The topological polar surface area (TPSA) is 63.2 Å². The smallest absolute Gasteiger partial charge is 0.323 e. The van der Waals surface area contributed by atoms with Gasteiger partial charge in [0.05, 0.1) is 0 Å². The minimum atomic E-state index is -2.55. The maximum Gasteiger partial charge on any atom is 0.323 e. The van der Waals surface area contributed by atoms with Crippen molar-refractivity contribution < 1.29 is 13.5 Å². The van der Waals surface area contributed by atoms with Gasteiger partial charge in [0.2, 0.25) is 11.9 Å². The van der Waals surface area contributed by atoms with Crippen LogP contribution in [0.5, 0.6) is 6.01 Å². The van der Waals surface area contributed by atoms with Crippen LogP contribution in [-0.4, -0.2) is 47.6 Å². The molecule has 0 radical (unpaired) electrons. The lowest BCUT2D eigenvalue weighted by atomic mass is 10.4. The first-order valence-corrected chi connectivity index (χ1v) is 6.35. The molecule has 1 N–H and O–H groups in total. The molecule has 0 spiro atoms. The Morgan fingerprint density at radius 3 is 2.63 bits per heavy atom. The van der Waals surface area contributed by atoms with Crippen molar-refractivity contribution in [2.24, 2.45) is 0 Å². The van der Waals surface area contributed by atoms with Crippen molar-refractivity contribution in [2.75, 3.05) is 36.5 Å². The predicted octanol–water partition coefficient (Wildman–Crippen LogP) is 1.55. The van der Waals surface area contributed by atoms with E-state index in [0.29, 0.717) is 18.4 Å². The van der Waals surface area contributed by atoms with Crippen LogP contribution in [-0.2, 0) is 0 Å². The maximum absolute atomic E-state index is 12.1. The normalized spacial score (nSPS) is 15.1. The number of nitrogens with one attached hydrogen (secondary N) is 1. The molecule has 0 aromatic carbocycles. The van der Waals surface area contributed by atoms with Crippen molar-refractivity contribution in [1.82, 2.24) is 15.0 Å². The second-order valence-corrected chi connectivity index (χ2v) is 4.17. The fourth-order valence-electron chi connectivity index (χ4n) is 1.84. The predicted molar refractivity (Wildman–Crippen MR) is 66.9 cm³/mol. The minimum absolute atomic E-state index is 0.0619. The first-order valence-electron chi connectivity index (χ1n) is 6.35. The van der Waals surface area contributed by atoms with E-state index in [1.54, 1.807) is 0 Å². The van der Waals surface area contributed by atoms with E-state index in [4.69, 9.17) is 4.74 Å². The molecule has 1 aromatic heterocycles. The van der Waals surface area contributed by atoms with Gasteiger partial charge in [-0.3, -0.25) is 0 Å². The van der Waals surface area contributed by atoms with Gasteiger partial charge in [0.15, 0.2) is 6.61 Å². The summed E-state index contributed by atoms with van der Waals surface area (Å²) in [7, 11) is 0. The van der Waals surface area contributed by atoms with Gasteiger partial charge in [-0.1, -0.05) is 0 Å². The average Bonchev–Trinajstić information content (AvgIpc) is 2.90. The summed E-state index contributed by atoms with van der Waals surface area (Å²) in [6, 6.07) is -0.0619. The van der Waals surface area contributed by atoms with Gasteiger partial charge in [-0.05, 0) is 19.8 Å². The average molecular weight is 273 g/mol. The summed E-state index contributed by atoms with van der Waals surface area (Å²) >= 11 is 0. The summed E-state index contributed by atoms with van der Waals surface area (Å²) in [6.45, 7) is 3.56. The standard InChI is InChI=1S/C11H17F2N5O/c1-2-14-9-15-10(18-5-3-4-6-18)17-11(16-9)19-7-8(12)13/h8H,2-7H2,1H3,(H,14,15,16,17). The van der Waals surface area contributed by atoms with E-state index < -0.39 is 13.0 Å². The maximum atomic E-state index is 12.1. The fourth-order valence-corrected chi connectivity index (χ4v) is 1.84. The van der Waals surface area contributed by atoms with Crippen molar-refractivity contribution in [3.05, 3.63) is 0 Å². The molecule has 106 valence electrons. The van der Waals surface area contributed by atoms with Crippen LogP contribution in [0.15, 0.2) is 0 Å². The molecule has 8 heteroatoms. The van der Waals surface area contributed by atoms with Gasteiger partial charge in [-0.2, -0.15) is 15.0 Å². The monoisotopic (exact) mass is 273 g/mol. The van der Waals surface area contributed by atoms with E-state index in [2.05, 4.69) is 20.3 Å². The van der Waals surface area contributed by atoms with Crippen molar-refractivity contribution in [3.8, 4) is 6.01 Å². The van der Waals surface area contributed by atoms with E-state index in [-0.39, 0.29) is 6.01 Å². The number of ether oxygens (including phenoxy) is 1. The highest BCUT2D eigenvalue weighted by Gasteiger charge is 2.18. The zero-order valence-electron chi connectivity index (χ0n) is 10.8. The first-order chi connectivity index (χ1) is 9.19. The molecule has 2 rings (SSSR count). The van der Waals surface area contributed by atoms with E-state index in [0.717, 1.165) is 25.9 Å². The molecule has 2 heterocycles. The van der Waals surface area contributed by atoms with Crippen LogP contribution in [0.25, 0.3) is 0 Å². The molecule has 1 fully saturated rings. The number of hydrogen-bond acceptors (Lipinski definition) is 6. The van der Waals surface area contributed by atoms with E-state index >= 15 is 0 Å². The van der Waals surface area contributed by atoms with Gasteiger partial charge in [-0.15, -0.1) is 0 Å². The highest BCUT2D eigenvalue weighted by molar-refractivity contribution is 5.39. The van der Waals surface area contributed by atoms with Crippen molar-refractivity contribution in [3.63, 3.8) is 0 Å². The van der Waals surface area contributed by atoms with E-state index in [9.17, 15) is 8.78 Å². The summed E-state index contributed by atoms with van der Waals surface area (Å²) in [4.78, 5) is 14.3. The Morgan fingerprint density at radius 1 is 1.26 bits per heavy atom. The largest absolute Gasteiger partial charge is 0.457 e. The molecule has 19 heavy (non-hydrogen) atoms. The molecule has 1 aromatic rings. The highest BCUT2D eigenvalue weighted by Crippen LogP contribution is 2.19. The Morgan fingerprint density at radius 2 is 2.00 bits per heavy atom. The summed E-state index contributed by atoms with van der Waals surface area (Å²) in [5.41, 5.74) is 0. The summed E-state index contributed by atoms with van der Waals surface area (Å²) in [5, 5.41) is 2.94. The number of hydrogen-bond donors (Lipinski definition) is 1. The number of alkyl halides is 2. The zero-order valence-corrected chi connectivity index (χ0v) is 10.8. The van der Waals surface area contributed by atoms with Gasteiger partial charge in [0, 0.05) is 19.6 Å². The van der Waals surface area contributed by atoms with Crippen molar-refractivity contribution in [1.29, 1.82) is 0 Å². The second-order valence-electron chi connectivity index (χ2n) is 4.17. The number of nitrogens with zero attached hydrogens (tertiary/aromatic N) is 4. The van der Waals surface area contributed by atoms with E-state index in [1.165, 1.54) is 0 Å². The minimum Gasteiger partial charge on any atom is -0.457 e. The van der Waals surface area contributed by atoms with Crippen LogP contribution in [0.2, 0.25) is 0 Å². The molecular weight excluding hydrogens is 256 g/mol. The van der Waals surface area contributed by atoms with Gasteiger partial charge in [-0.25, -0.2) is 8.78 Å². The number of aromatic nitrogens is 3. The lowest BCUT2D eigenvalue weighted by molar-refractivity contribution is 0.0770. The molecule has 1 aliphatic rings. The van der Waals surface area contributed by atoms with Crippen LogP contribution in [0.3, 0.4) is 0 Å². The molecule has 0 saturated carbocycles. The van der Waals surface area contributed by atoms with Gasteiger partial charge in [0.1, 0.15) is 0 Å². The highest BCUT2D eigenvalue weighted by atomic mass is 19.3. The SMILES string of the molecule is CCNc1nc(OCC(F)F)nc(N2CCCC2)n1. The third kappa shape index (κ3) is 3.87. The third-order valence-electron chi connectivity index (χ3n) is 2.67. The number of halogens is 2. The lowest BCUT2D eigenvalue weighted by Crippen LogP contribution is -2.22. The fraction of sp³-hybridized carbons (Fsp3) is 0.727. The molecule has 1 saturated heterocycles. The van der Waals surface area contributed by atoms with Crippen LogP contribution >= 0.6 is 0 Å². The third-order valence-corrected chi connectivity index (χ3v) is 2.67. The van der Waals surface area contributed by atoms with Gasteiger partial charge in [0.25, 0.3) is 6.43 Å². The Labute approximate surface area is 110 Å². The Hall–Kier alpha value is -1.73. The van der Waals surface area contributed by atoms with Crippen LogP contribution in [0, 0.1) is 0 Å². The molecule has 1 aliphatic heterocycles. The zero-order chi connectivity index (χ0) is 13.7. The van der Waals surface area contributed by atoms with E-state index in [1.807, 2.05) is 11.8 Å². The molecule has 0 atom stereocenters. The van der Waals surface area contributed by atoms with Gasteiger partial charge >= 0.3 is 6.01 Å². The molecule has 0 amide bonds. The molecule has 6 nitrogen and oxygen atoms in total. The molecule has 0 bridgehead atoms. The van der Waals surface area contributed by atoms with Gasteiger partial charge < -0.3 is 15.0 Å². The Bertz CT molecular complexity index is 412. The summed E-state index contributed by atoms with van der Waals surface area (Å²) < 4.78 is 29.2. The summed E-state index contributed by atoms with van der Waals surface area (Å²) in [5.74, 6) is 0.830. The first kappa shape index (κ1) is 13.7. The van der Waals surface area contributed by atoms with Crippen LogP contribution in [0.1, 0.15) is 19.8 Å². The lowest BCUT2D eigenvalue weighted by Gasteiger charge is -2.16. The molecule has 0 aliphatic carbocycles. The van der Waals surface area contributed by atoms with Crippen molar-refractivity contribution >= 4 is 11.9 Å². The Kier molecular flexibility index (Phi) is 4.64. The summed E-state index contributed by atoms with van der Waals surface area (Å²) in [6.07, 6.45) is -0.389. The Balaban J connectivity index is 2.16. The van der Waals surface area contributed by atoms with Crippen LogP contribution < -0.4 is 15.0 Å². The number of anilines is 2. The van der Waals surface area contributed by atoms with Crippen molar-refractivity contribution in [2.45, 2.75) is 26.2 Å². The number of rotatable bonds is 6. The second kappa shape index (κ2) is 6.44.